The molecule has 0 fully saturated rings. The fourth-order valence-electron chi connectivity index (χ4n) is 2.26. The van der Waals surface area contributed by atoms with Gasteiger partial charge in [-0.15, -0.1) is 0 Å². The lowest BCUT2D eigenvalue weighted by atomic mass is 10.2. The van der Waals surface area contributed by atoms with Crippen LogP contribution in [-0.2, 0) is 0 Å². The number of carboxylic acids is 1. The molecule has 2 aromatic carbocycles. The molecule has 22 heavy (non-hydrogen) atoms. The standard InChI is InChI=1S/C16H12N2O4/c1-22-11-6-4-5-10(9-11)18-13-8-3-2-7-12(13)15(19)14(17-18)16(20)21/h2-9H,1H3,(H,20,21). The Hall–Kier alpha value is -3.15. The summed E-state index contributed by atoms with van der Waals surface area (Å²) in [6.45, 7) is 0. The Morgan fingerprint density at radius 3 is 2.68 bits per heavy atom. The molecule has 1 heterocycles. The number of nitrogens with zero attached hydrogens (tertiary/aromatic N) is 2. The van der Waals surface area contributed by atoms with Crippen LogP contribution in [0.25, 0.3) is 16.6 Å². The fourth-order valence-corrected chi connectivity index (χ4v) is 2.26. The topological polar surface area (TPSA) is 81.4 Å². The highest BCUT2D eigenvalue weighted by Gasteiger charge is 2.17. The average Bonchev–Trinajstić information content (AvgIpc) is 2.55. The molecule has 0 unspecified atom stereocenters. The molecule has 0 aliphatic rings. The average molecular weight is 296 g/mol. The molecule has 3 aromatic rings. The molecule has 6 heteroatoms. The second kappa shape index (κ2) is 5.33. The lowest BCUT2D eigenvalue weighted by Gasteiger charge is -2.11. The summed E-state index contributed by atoms with van der Waals surface area (Å²) in [5, 5.41) is 13.5. The number of para-hydroxylation sites is 1. The van der Waals surface area contributed by atoms with Gasteiger partial charge in [-0.1, -0.05) is 18.2 Å². The largest absolute Gasteiger partial charge is 0.497 e. The van der Waals surface area contributed by atoms with Gasteiger partial charge in [-0.3, -0.25) is 4.79 Å². The molecule has 0 amide bonds. The Labute approximate surface area is 125 Å². The van der Waals surface area contributed by atoms with Gasteiger partial charge in [0.25, 0.3) is 0 Å². The van der Waals surface area contributed by atoms with Crippen LogP contribution < -0.4 is 10.2 Å². The number of aromatic carboxylic acids is 1. The van der Waals surface area contributed by atoms with Crippen LogP contribution in [0.3, 0.4) is 0 Å². The molecule has 0 saturated heterocycles. The maximum absolute atomic E-state index is 12.2. The van der Waals surface area contributed by atoms with Crippen molar-refractivity contribution in [3.8, 4) is 11.4 Å². The van der Waals surface area contributed by atoms with Crippen LogP contribution in [0.2, 0.25) is 0 Å². The van der Waals surface area contributed by atoms with Gasteiger partial charge in [0, 0.05) is 6.07 Å². The Morgan fingerprint density at radius 2 is 1.95 bits per heavy atom. The maximum atomic E-state index is 12.2. The molecule has 0 spiro atoms. The first kappa shape index (κ1) is 13.8. The summed E-state index contributed by atoms with van der Waals surface area (Å²) in [7, 11) is 1.54. The summed E-state index contributed by atoms with van der Waals surface area (Å²) in [6.07, 6.45) is 0. The van der Waals surface area contributed by atoms with Crippen LogP contribution in [-0.4, -0.2) is 28.0 Å². The van der Waals surface area contributed by atoms with E-state index in [1.54, 1.807) is 55.6 Å². The maximum Gasteiger partial charge on any atom is 0.360 e. The molecule has 0 atom stereocenters. The number of ether oxygens (including phenoxy) is 1. The van der Waals surface area contributed by atoms with Gasteiger partial charge in [-0.25, -0.2) is 9.48 Å². The summed E-state index contributed by atoms with van der Waals surface area (Å²) in [6, 6.07) is 13.8. The Balaban J connectivity index is 2.40. The van der Waals surface area contributed by atoms with E-state index in [-0.39, 0.29) is 0 Å². The SMILES string of the molecule is COc1cccc(-n2nc(C(=O)O)c(=O)c3ccccc32)c1. The van der Waals surface area contributed by atoms with Gasteiger partial charge >= 0.3 is 5.97 Å². The number of benzene rings is 2. The minimum atomic E-state index is -1.35. The van der Waals surface area contributed by atoms with E-state index >= 15 is 0 Å². The van der Waals surface area contributed by atoms with Gasteiger partial charge in [0.1, 0.15) is 5.75 Å². The third-order valence-corrected chi connectivity index (χ3v) is 3.29. The number of hydrogen-bond donors (Lipinski definition) is 1. The van der Waals surface area contributed by atoms with Crippen molar-refractivity contribution in [2.75, 3.05) is 7.11 Å². The van der Waals surface area contributed by atoms with Crippen LogP contribution in [0.4, 0.5) is 0 Å². The number of carboxylic acid groups (broad SMARTS) is 1. The number of carbonyl (C=O) groups is 1. The number of fused-ring (bicyclic) bond motifs is 1. The second-order valence-corrected chi connectivity index (χ2v) is 4.61. The van der Waals surface area contributed by atoms with E-state index in [0.29, 0.717) is 22.3 Å². The summed E-state index contributed by atoms with van der Waals surface area (Å²) >= 11 is 0. The van der Waals surface area contributed by atoms with Crippen LogP contribution in [0.1, 0.15) is 10.5 Å². The lowest BCUT2D eigenvalue weighted by molar-refractivity contribution is 0.0687. The molecular formula is C16H12N2O4. The minimum Gasteiger partial charge on any atom is -0.497 e. The lowest BCUT2D eigenvalue weighted by Crippen LogP contribution is -2.22. The zero-order valence-corrected chi connectivity index (χ0v) is 11.7. The summed E-state index contributed by atoms with van der Waals surface area (Å²) in [5.41, 5.74) is 0.0348. The molecule has 1 N–H and O–H groups in total. The van der Waals surface area contributed by atoms with Crippen molar-refractivity contribution in [1.82, 2.24) is 9.78 Å². The van der Waals surface area contributed by atoms with Crippen molar-refractivity contribution in [1.29, 1.82) is 0 Å². The van der Waals surface area contributed by atoms with Crippen LogP contribution in [0.5, 0.6) is 5.75 Å². The first-order valence-electron chi connectivity index (χ1n) is 6.51. The summed E-state index contributed by atoms with van der Waals surface area (Å²) in [4.78, 5) is 23.5. The molecule has 1 aromatic heterocycles. The third-order valence-electron chi connectivity index (χ3n) is 3.29. The second-order valence-electron chi connectivity index (χ2n) is 4.61. The van der Waals surface area contributed by atoms with Crippen molar-refractivity contribution in [2.24, 2.45) is 0 Å². The van der Waals surface area contributed by atoms with Gasteiger partial charge in [-0.05, 0) is 24.3 Å². The zero-order valence-electron chi connectivity index (χ0n) is 11.7. The first-order valence-corrected chi connectivity index (χ1v) is 6.51. The molecule has 0 aliphatic heterocycles. The zero-order chi connectivity index (χ0) is 15.7. The Bertz CT molecular complexity index is 931. The molecule has 0 aliphatic carbocycles. The predicted molar refractivity (Wildman–Crippen MR) is 80.9 cm³/mol. The summed E-state index contributed by atoms with van der Waals surface area (Å²) in [5.74, 6) is -0.744. The van der Waals surface area contributed by atoms with Gasteiger partial charge in [0.2, 0.25) is 11.1 Å². The summed E-state index contributed by atoms with van der Waals surface area (Å²) < 4.78 is 6.60. The Kier molecular flexibility index (Phi) is 3.34. The van der Waals surface area contributed by atoms with Crippen LogP contribution in [0.15, 0.2) is 53.3 Å². The van der Waals surface area contributed by atoms with E-state index in [9.17, 15) is 14.7 Å². The molecule has 3 rings (SSSR count). The molecule has 6 nitrogen and oxygen atoms in total. The quantitative estimate of drug-likeness (QED) is 0.800. The Morgan fingerprint density at radius 1 is 1.18 bits per heavy atom. The fraction of sp³-hybridized carbons (Fsp3) is 0.0625. The van der Waals surface area contributed by atoms with E-state index < -0.39 is 17.1 Å². The predicted octanol–water partition coefficient (Wildman–Crippen LogP) is 2.09. The molecular weight excluding hydrogens is 284 g/mol. The van der Waals surface area contributed by atoms with Crippen molar-refractivity contribution in [2.45, 2.75) is 0 Å². The molecule has 0 bridgehead atoms. The highest BCUT2D eigenvalue weighted by Crippen LogP contribution is 2.19. The van der Waals surface area contributed by atoms with E-state index in [4.69, 9.17) is 4.74 Å². The van der Waals surface area contributed by atoms with E-state index in [1.165, 1.54) is 4.68 Å². The van der Waals surface area contributed by atoms with Crippen molar-refractivity contribution in [3.05, 3.63) is 64.4 Å². The number of hydrogen-bond acceptors (Lipinski definition) is 4. The van der Waals surface area contributed by atoms with Gasteiger partial charge in [0.15, 0.2) is 0 Å². The highest BCUT2D eigenvalue weighted by atomic mass is 16.5. The number of aromatic nitrogens is 2. The monoisotopic (exact) mass is 296 g/mol. The van der Waals surface area contributed by atoms with Crippen molar-refractivity contribution >= 4 is 16.9 Å². The van der Waals surface area contributed by atoms with Gasteiger partial charge < -0.3 is 9.84 Å². The van der Waals surface area contributed by atoms with E-state index in [2.05, 4.69) is 5.10 Å². The molecule has 110 valence electrons. The van der Waals surface area contributed by atoms with Gasteiger partial charge in [0.05, 0.1) is 23.7 Å². The molecule has 0 radical (unpaired) electrons. The van der Waals surface area contributed by atoms with Crippen molar-refractivity contribution in [3.63, 3.8) is 0 Å². The third kappa shape index (κ3) is 2.20. The normalized spacial score (nSPS) is 10.6. The van der Waals surface area contributed by atoms with E-state index in [1.807, 2.05) is 0 Å². The highest BCUT2D eigenvalue weighted by molar-refractivity contribution is 5.90. The molecule has 0 saturated carbocycles. The smallest absolute Gasteiger partial charge is 0.360 e. The number of rotatable bonds is 3. The van der Waals surface area contributed by atoms with E-state index in [0.717, 1.165) is 0 Å². The first-order chi connectivity index (χ1) is 10.6. The van der Waals surface area contributed by atoms with Crippen molar-refractivity contribution < 1.29 is 14.6 Å². The van der Waals surface area contributed by atoms with Crippen LogP contribution in [0, 0.1) is 0 Å². The number of methoxy groups -OCH3 is 1. The minimum absolute atomic E-state index is 0.303. The van der Waals surface area contributed by atoms with Gasteiger partial charge in [-0.2, -0.15) is 5.10 Å². The van der Waals surface area contributed by atoms with Crippen LogP contribution >= 0.6 is 0 Å².